The van der Waals surface area contributed by atoms with Crippen LogP contribution in [0.15, 0.2) is 0 Å². The van der Waals surface area contributed by atoms with Crippen molar-refractivity contribution >= 4 is 28.3 Å². The minimum absolute atomic E-state index is 0.0892. The van der Waals surface area contributed by atoms with Crippen molar-refractivity contribution in [2.75, 3.05) is 5.32 Å². The summed E-state index contributed by atoms with van der Waals surface area (Å²) in [6, 6.07) is 0. The monoisotopic (exact) mass is 296 g/mol. The molecule has 0 aromatic carbocycles. The van der Waals surface area contributed by atoms with Crippen LogP contribution in [-0.2, 0) is 11.2 Å². The largest absolute Gasteiger partial charge is 0.477 e. The Balaban J connectivity index is 2.98. The van der Waals surface area contributed by atoms with Gasteiger partial charge in [-0.3, -0.25) is 10.1 Å². The third-order valence-electron chi connectivity index (χ3n) is 1.97. The lowest BCUT2D eigenvalue weighted by Crippen LogP contribution is -2.29. The number of hydrogen-bond acceptors (Lipinski definition) is 4. The predicted molar refractivity (Wildman–Crippen MR) is 62.3 cm³/mol. The number of thiazole rings is 1. The molecular weight excluding hydrogens is 285 g/mol. The highest BCUT2D eigenvalue weighted by Gasteiger charge is 2.39. The predicted octanol–water partition coefficient (Wildman–Crippen LogP) is 2.54. The highest BCUT2D eigenvalue weighted by atomic mass is 32.1. The standard InChI is InChI=1S/C10H11F3N2O3S/c1-4(2)3-5-6(7(16)17)19-9(14-5)15-8(18)10(11,12)13/h4H,3H2,1-2H3,(H,16,17)(H,14,15,18). The van der Waals surface area contributed by atoms with Crippen molar-refractivity contribution in [2.24, 2.45) is 5.92 Å². The summed E-state index contributed by atoms with van der Waals surface area (Å²) in [7, 11) is 0. The van der Waals surface area contributed by atoms with Gasteiger partial charge >= 0.3 is 18.1 Å². The number of rotatable bonds is 4. The number of carbonyl (C=O) groups excluding carboxylic acids is 1. The SMILES string of the molecule is CC(C)Cc1nc(NC(=O)C(F)(F)F)sc1C(=O)O. The summed E-state index contributed by atoms with van der Waals surface area (Å²) in [5, 5.41) is 10.1. The fraction of sp³-hybridized carbons (Fsp3) is 0.500. The van der Waals surface area contributed by atoms with Gasteiger partial charge in [-0.15, -0.1) is 0 Å². The molecule has 0 aliphatic heterocycles. The Hall–Kier alpha value is -1.64. The van der Waals surface area contributed by atoms with E-state index in [9.17, 15) is 22.8 Å². The van der Waals surface area contributed by atoms with Gasteiger partial charge in [0.2, 0.25) is 0 Å². The van der Waals surface area contributed by atoms with Gasteiger partial charge in [0.15, 0.2) is 5.13 Å². The highest BCUT2D eigenvalue weighted by Crippen LogP contribution is 2.27. The number of nitrogens with one attached hydrogen (secondary N) is 1. The zero-order valence-electron chi connectivity index (χ0n) is 10.0. The molecule has 0 spiro atoms. The van der Waals surface area contributed by atoms with Crippen LogP contribution in [0.3, 0.4) is 0 Å². The van der Waals surface area contributed by atoms with Crippen molar-refractivity contribution in [3.8, 4) is 0 Å². The first-order valence-electron chi connectivity index (χ1n) is 5.22. The molecule has 0 fully saturated rings. The van der Waals surface area contributed by atoms with E-state index in [1.165, 1.54) is 0 Å². The summed E-state index contributed by atoms with van der Waals surface area (Å²) in [6.07, 6.45) is -4.73. The van der Waals surface area contributed by atoms with Crippen molar-refractivity contribution < 1.29 is 27.9 Å². The van der Waals surface area contributed by atoms with Crippen molar-refractivity contribution in [1.29, 1.82) is 0 Å². The molecule has 9 heteroatoms. The van der Waals surface area contributed by atoms with E-state index in [1.54, 1.807) is 5.32 Å². The number of anilines is 1. The van der Waals surface area contributed by atoms with Gasteiger partial charge in [-0.25, -0.2) is 9.78 Å². The normalized spacial score (nSPS) is 11.7. The van der Waals surface area contributed by atoms with E-state index in [2.05, 4.69) is 4.98 Å². The van der Waals surface area contributed by atoms with Gasteiger partial charge in [0.1, 0.15) is 4.88 Å². The fourth-order valence-corrected chi connectivity index (χ4v) is 2.09. The Morgan fingerprint density at radius 3 is 2.42 bits per heavy atom. The van der Waals surface area contributed by atoms with Crippen LogP contribution in [0.5, 0.6) is 0 Å². The quantitative estimate of drug-likeness (QED) is 0.895. The van der Waals surface area contributed by atoms with Gasteiger partial charge < -0.3 is 5.11 Å². The first-order chi connectivity index (χ1) is 8.61. The van der Waals surface area contributed by atoms with Crippen molar-refractivity contribution in [1.82, 2.24) is 4.98 Å². The minimum Gasteiger partial charge on any atom is -0.477 e. The average molecular weight is 296 g/mol. The first-order valence-corrected chi connectivity index (χ1v) is 6.04. The second-order valence-electron chi connectivity index (χ2n) is 4.15. The van der Waals surface area contributed by atoms with Crippen LogP contribution in [0.25, 0.3) is 0 Å². The maximum absolute atomic E-state index is 12.1. The Kier molecular flexibility index (Phi) is 4.51. The van der Waals surface area contributed by atoms with Crippen molar-refractivity contribution in [3.63, 3.8) is 0 Å². The van der Waals surface area contributed by atoms with E-state index in [0.29, 0.717) is 17.8 Å². The lowest BCUT2D eigenvalue weighted by molar-refractivity contribution is -0.167. The second kappa shape index (κ2) is 5.55. The molecule has 2 N–H and O–H groups in total. The van der Waals surface area contributed by atoms with Crippen LogP contribution in [0.4, 0.5) is 18.3 Å². The zero-order chi connectivity index (χ0) is 14.8. The Bertz CT molecular complexity index is 497. The van der Waals surface area contributed by atoms with Gasteiger partial charge in [0.25, 0.3) is 0 Å². The fourth-order valence-electron chi connectivity index (χ4n) is 1.27. The number of alkyl halides is 3. The van der Waals surface area contributed by atoms with Crippen molar-refractivity contribution in [2.45, 2.75) is 26.4 Å². The zero-order valence-corrected chi connectivity index (χ0v) is 10.9. The maximum atomic E-state index is 12.1. The third-order valence-corrected chi connectivity index (χ3v) is 2.97. The van der Waals surface area contributed by atoms with Gasteiger partial charge in [-0.1, -0.05) is 25.2 Å². The Morgan fingerprint density at radius 2 is 2.00 bits per heavy atom. The molecule has 0 atom stereocenters. The first kappa shape index (κ1) is 15.4. The number of amides is 1. The molecule has 0 radical (unpaired) electrons. The molecule has 0 aliphatic rings. The lowest BCUT2D eigenvalue weighted by Gasteiger charge is -2.04. The van der Waals surface area contributed by atoms with E-state index >= 15 is 0 Å². The number of carboxylic acid groups (broad SMARTS) is 1. The Labute approximate surface area is 110 Å². The number of carbonyl (C=O) groups is 2. The maximum Gasteiger partial charge on any atom is 0.471 e. The van der Waals surface area contributed by atoms with Gasteiger partial charge in [-0.05, 0) is 12.3 Å². The summed E-state index contributed by atoms with van der Waals surface area (Å²) in [5.74, 6) is -3.36. The van der Waals surface area contributed by atoms with E-state index in [4.69, 9.17) is 5.11 Å². The van der Waals surface area contributed by atoms with Crippen LogP contribution in [0.2, 0.25) is 0 Å². The number of nitrogens with zero attached hydrogens (tertiary/aromatic N) is 1. The minimum atomic E-state index is -5.03. The molecule has 0 bridgehead atoms. The molecule has 1 aromatic rings. The third kappa shape index (κ3) is 4.19. The van der Waals surface area contributed by atoms with Gasteiger partial charge in [0, 0.05) is 0 Å². The molecule has 1 heterocycles. The number of halogens is 3. The number of hydrogen-bond donors (Lipinski definition) is 2. The number of carboxylic acids is 1. The van der Waals surface area contributed by atoms with Gasteiger partial charge in [-0.2, -0.15) is 13.2 Å². The molecule has 19 heavy (non-hydrogen) atoms. The van der Waals surface area contributed by atoms with E-state index < -0.39 is 18.1 Å². The molecule has 1 rings (SSSR count). The average Bonchev–Trinajstić information content (AvgIpc) is 2.58. The van der Waals surface area contributed by atoms with Crippen LogP contribution in [0.1, 0.15) is 29.2 Å². The molecule has 0 saturated carbocycles. The second-order valence-corrected chi connectivity index (χ2v) is 5.15. The van der Waals surface area contributed by atoms with Gasteiger partial charge in [0.05, 0.1) is 5.69 Å². The van der Waals surface area contributed by atoms with Crippen molar-refractivity contribution in [3.05, 3.63) is 10.6 Å². The molecule has 0 unspecified atom stereocenters. The summed E-state index contributed by atoms with van der Waals surface area (Å²) in [6.45, 7) is 3.64. The lowest BCUT2D eigenvalue weighted by atomic mass is 10.1. The molecule has 0 aliphatic carbocycles. The molecule has 1 aromatic heterocycles. The van der Waals surface area contributed by atoms with E-state index in [0.717, 1.165) is 0 Å². The molecule has 0 saturated heterocycles. The van der Waals surface area contributed by atoms with E-state index in [-0.39, 0.29) is 21.6 Å². The van der Waals surface area contributed by atoms with E-state index in [1.807, 2.05) is 13.8 Å². The summed E-state index contributed by atoms with van der Waals surface area (Å²) in [5.41, 5.74) is 0.171. The molecular formula is C10H11F3N2O3S. The number of aromatic carboxylic acids is 1. The van der Waals surface area contributed by atoms with Crippen LogP contribution in [-0.4, -0.2) is 28.1 Å². The molecule has 5 nitrogen and oxygen atoms in total. The summed E-state index contributed by atoms with van der Waals surface area (Å²) >= 11 is 0.511. The number of aromatic nitrogens is 1. The molecule has 106 valence electrons. The summed E-state index contributed by atoms with van der Waals surface area (Å²) < 4.78 is 36.2. The van der Waals surface area contributed by atoms with Crippen LogP contribution >= 0.6 is 11.3 Å². The molecule has 1 amide bonds. The van der Waals surface area contributed by atoms with Crippen LogP contribution < -0.4 is 5.32 Å². The Morgan fingerprint density at radius 1 is 1.42 bits per heavy atom. The summed E-state index contributed by atoms with van der Waals surface area (Å²) in [4.78, 5) is 25.2. The smallest absolute Gasteiger partial charge is 0.471 e. The highest BCUT2D eigenvalue weighted by molar-refractivity contribution is 7.17. The topological polar surface area (TPSA) is 79.3 Å². The van der Waals surface area contributed by atoms with Crippen LogP contribution in [0, 0.1) is 5.92 Å².